The minimum absolute atomic E-state index is 0.736. The maximum absolute atomic E-state index is 10.8. The Kier molecular flexibility index (Phi) is 2.76. The highest BCUT2D eigenvalue weighted by Crippen LogP contribution is 2.23. The first-order valence-corrected chi connectivity index (χ1v) is 5.94. The number of carbonyl (C=O) groups is 1. The van der Waals surface area contributed by atoms with E-state index in [1.165, 1.54) is 17.5 Å². The second-order valence-corrected chi connectivity index (χ2v) is 4.41. The van der Waals surface area contributed by atoms with Gasteiger partial charge in [0, 0.05) is 18.7 Å². The second-order valence-electron chi connectivity index (χ2n) is 4.41. The van der Waals surface area contributed by atoms with Gasteiger partial charge in [0.05, 0.1) is 18.1 Å². The van der Waals surface area contributed by atoms with E-state index in [9.17, 15) is 4.79 Å². The van der Waals surface area contributed by atoms with E-state index >= 15 is 0 Å². The van der Waals surface area contributed by atoms with Crippen molar-refractivity contribution in [3.63, 3.8) is 0 Å². The summed E-state index contributed by atoms with van der Waals surface area (Å²) in [5, 5.41) is 0. The topological polar surface area (TPSA) is 46.1 Å². The van der Waals surface area contributed by atoms with E-state index in [1.807, 2.05) is 24.5 Å². The SMILES string of the molecule is O=Cc1ccc2c(c1)CN(c1cncnc1)CC2. The van der Waals surface area contributed by atoms with Crippen molar-refractivity contribution < 1.29 is 4.79 Å². The molecule has 1 aliphatic heterocycles. The molecule has 1 aromatic carbocycles. The highest BCUT2D eigenvalue weighted by Gasteiger charge is 2.17. The molecular weight excluding hydrogens is 226 g/mol. The van der Waals surface area contributed by atoms with E-state index in [4.69, 9.17) is 0 Å². The fraction of sp³-hybridized carbons (Fsp3) is 0.214. The summed E-state index contributed by atoms with van der Waals surface area (Å²) >= 11 is 0. The lowest BCUT2D eigenvalue weighted by atomic mass is 9.97. The molecule has 1 aliphatic rings. The zero-order chi connectivity index (χ0) is 12.4. The van der Waals surface area contributed by atoms with E-state index in [-0.39, 0.29) is 0 Å². The summed E-state index contributed by atoms with van der Waals surface area (Å²) in [6, 6.07) is 5.91. The Labute approximate surface area is 105 Å². The number of anilines is 1. The Bertz CT molecular complexity index is 569. The van der Waals surface area contributed by atoms with Gasteiger partial charge in [-0.15, -0.1) is 0 Å². The molecule has 90 valence electrons. The van der Waals surface area contributed by atoms with Crippen molar-refractivity contribution in [1.82, 2.24) is 9.97 Å². The van der Waals surface area contributed by atoms with Crippen LogP contribution >= 0.6 is 0 Å². The van der Waals surface area contributed by atoms with Gasteiger partial charge in [0.15, 0.2) is 0 Å². The van der Waals surface area contributed by atoms with Gasteiger partial charge in [-0.2, -0.15) is 0 Å². The number of hydrogen-bond donors (Lipinski definition) is 0. The second kappa shape index (κ2) is 4.56. The van der Waals surface area contributed by atoms with Gasteiger partial charge >= 0.3 is 0 Å². The number of fused-ring (bicyclic) bond motifs is 1. The normalized spacial score (nSPS) is 14.1. The fourth-order valence-electron chi connectivity index (χ4n) is 2.33. The first-order chi connectivity index (χ1) is 8.86. The van der Waals surface area contributed by atoms with Crippen LogP contribution in [-0.4, -0.2) is 22.8 Å². The zero-order valence-electron chi connectivity index (χ0n) is 9.91. The molecule has 2 heterocycles. The van der Waals surface area contributed by atoms with Crippen LogP contribution in [0, 0.1) is 0 Å². The van der Waals surface area contributed by atoms with Crippen molar-refractivity contribution in [3.8, 4) is 0 Å². The molecular formula is C14H13N3O. The summed E-state index contributed by atoms with van der Waals surface area (Å²) in [7, 11) is 0. The van der Waals surface area contributed by atoms with Crippen LogP contribution in [0.4, 0.5) is 5.69 Å². The number of carbonyl (C=O) groups excluding carboxylic acids is 1. The van der Waals surface area contributed by atoms with Crippen molar-refractivity contribution in [2.45, 2.75) is 13.0 Å². The summed E-state index contributed by atoms with van der Waals surface area (Å²) in [5.74, 6) is 0. The van der Waals surface area contributed by atoms with Crippen molar-refractivity contribution in [1.29, 1.82) is 0 Å². The van der Waals surface area contributed by atoms with E-state index < -0.39 is 0 Å². The Balaban J connectivity index is 1.90. The summed E-state index contributed by atoms with van der Waals surface area (Å²) in [6.45, 7) is 1.77. The highest BCUT2D eigenvalue weighted by atomic mass is 16.1. The number of hydrogen-bond acceptors (Lipinski definition) is 4. The van der Waals surface area contributed by atoms with Crippen LogP contribution in [0.1, 0.15) is 21.5 Å². The molecule has 0 bridgehead atoms. The van der Waals surface area contributed by atoms with Crippen molar-refractivity contribution >= 4 is 12.0 Å². The van der Waals surface area contributed by atoms with E-state index in [1.54, 1.807) is 0 Å². The third-order valence-corrected chi connectivity index (χ3v) is 3.29. The molecule has 0 N–H and O–H groups in total. The van der Waals surface area contributed by atoms with Crippen LogP contribution in [0.2, 0.25) is 0 Å². The Hall–Kier alpha value is -2.23. The van der Waals surface area contributed by atoms with Gasteiger partial charge in [0.1, 0.15) is 12.6 Å². The van der Waals surface area contributed by atoms with Crippen molar-refractivity contribution in [2.75, 3.05) is 11.4 Å². The van der Waals surface area contributed by atoms with Crippen LogP contribution < -0.4 is 4.90 Å². The lowest BCUT2D eigenvalue weighted by Crippen LogP contribution is -2.30. The van der Waals surface area contributed by atoms with Crippen molar-refractivity contribution in [3.05, 3.63) is 53.6 Å². The molecule has 3 rings (SSSR count). The summed E-state index contributed by atoms with van der Waals surface area (Å²) < 4.78 is 0. The Morgan fingerprint density at radius 3 is 2.78 bits per heavy atom. The quantitative estimate of drug-likeness (QED) is 0.750. The molecule has 0 amide bonds. The minimum atomic E-state index is 0.736. The third kappa shape index (κ3) is 1.97. The van der Waals surface area contributed by atoms with Crippen molar-refractivity contribution in [2.24, 2.45) is 0 Å². The van der Waals surface area contributed by atoms with E-state index in [0.717, 1.165) is 37.0 Å². The summed E-state index contributed by atoms with van der Waals surface area (Å²) in [6.07, 6.45) is 7.06. The first kappa shape index (κ1) is 10.9. The molecule has 0 atom stereocenters. The molecule has 0 radical (unpaired) electrons. The number of aldehydes is 1. The number of benzene rings is 1. The largest absolute Gasteiger partial charge is 0.364 e. The fourth-order valence-corrected chi connectivity index (χ4v) is 2.33. The maximum Gasteiger partial charge on any atom is 0.150 e. The highest BCUT2D eigenvalue weighted by molar-refractivity contribution is 5.75. The molecule has 0 unspecified atom stereocenters. The molecule has 0 spiro atoms. The summed E-state index contributed by atoms with van der Waals surface area (Å²) in [4.78, 5) is 21.1. The molecule has 2 aromatic rings. The standard InChI is InChI=1S/C14H13N3O/c18-9-11-1-2-12-3-4-17(8-13(12)5-11)14-6-15-10-16-7-14/h1-2,5-7,9-10H,3-4,8H2. The average Bonchev–Trinajstić information content (AvgIpc) is 2.47. The molecule has 0 fully saturated rings. The number of nitrogens with zero attached hydrogens (tertiary/aromatic N) is 3. The minimum Gasteiger partial charge on any atom is -0.364 e. The number of rotatable bonds is 2. The smallest absolute Gasteiger partial charge is 0.150 e. The Morgan fingerprint density at radius 2 is 2.00 bits per heavy atom. The van der Waals surface area contributed by atoms with Gasteiger partial charge in [0.25, 0.3) is 0 Å². The number of aromatic nitrogens is 2. The average molecular weight is 239 g/mol. The maximum atomic E-state index is 10.8. The van der Waals surface area contributed by atoms with Gasteiger partial charge in [-0.3, -0.25) is 4.79 Å². The molecule has 4 nitrogen and oxygen atoms in total. The van der Waals surface area contributed by atoms with Crippen LogP contribution in [-0.2, 0) is 13.0 Å². The van der Waals surface area contributed by atoms with Crippen LogP contribution in [0.5, 0.6) is 0 Å². The van der Waals surface area contributed by atoms with Gasteiger partial charge in [-0.1, -0.05) is 12.1 Å². The molecule has 0 saturated heterocycles. The van der Waals surface area contributed by atoms with E-state index in [0.29, 0.717) is 0 Å². The monoisotopic (exact) mass is 239 g/mol. The zero-order valence-corrected chi connectivity index (χ0v) is 9.91. The molecule has 0 saturated carbocycles. The lowest BCUT2D eigenvalue weighted by molar-refractivity contribution is 0.112. The van der Waals surface area contributed by atoms with Gasteiger partial charge in [-0.05, 0) is 23.6 Å². The van der Waals surface area contributed by atoms with Crippen LogP contribution in [0.15, 0.2) is 36.9 Å². The first-order valence-electron chi connectivity index (χ1n) is 5.94. The summed E-state index contributed by atoms with van der Waals surface area (Å²) in [5.41, 5.74) is 4.31. The van der Waals surface area contributed by atoms with Gasteiger partial charge in [-0.25, -0.2) is 9.97 Å². The van der Waals surface area contributed by atoms with Crippen LogP contribution in [0.3, 0.4) is 0 Å². The molecule has 18 heavy (non-hydrogen) atoms. The van der Waals surface area contributed by atoms with Crippen LogP contribution in [0.25, 0.3) is 0 Å². The predicted molar refractivity (Wildman–Crippen MR) is 68.6 cm³/mol. The molecule has 1 aromatic heterocycles. The molecule has 0 aliphatic carbocycles. The molecule has 4 heteroatoms. The Morgan fingerprint density at radius 1 is 1.17 bits per heavy atom. The third-order valence-electron chi connectivity index (χ3n) is 3.29. The predicted octanol–water partition coefficient (Wildman–Crippen LogP) is 1.85. The lowest BCUT2D eigenvalue weighted by Gasteiger charge is -2.30. The van der Waals surface area contributed by atoms with Gasteiger partial charge in [0.2, 0.25) is 0 Å². The van der Waals surface area contributed by atoms with Gasteiger partial charge < -0.3 is 4.90 Å². The van der Waals surface area contributed by atoms with E-state index in [2.05, 4.69) is 20.9 Å².